The highest BCUT2D eigenvalue weighted by atomic mass is 32.2. The van der Waals surface area contributed by atoms with Gasteiger partial charge < -0.3 is 74.1 Å². The Kier molecular flexibility index (Phi) is 26.3. The predicted octanol–water partition coefficient (Wildman–Crippen LogP) is 0.880. The van der Waals surface area contributed by atoms with Crippen molar-refractivity contribution in [3.05, 3.63) is 37.0 Å². The van der Waals surface area contributed by atoms with Gasteiger partial charge in [0, 0.05) is 37.1 Å². The molecule has 7 N–H and O–H groups in total. The number of nitrogens with two attached hydrogens (primary N) is 1. The zero-order valence-electron chi connectivity index (χ0n) is 39.6. The first-order valence-corrected chi connectivity index (χ1v) is 28.2. The van der Waals surface area contributed by atoms with Crippen molar-refractivity contribution in [2.24, 2.45) is 5.41 Å². The molecular weight excluding hydrogens is 1020 g/mol. The van der Waals surface area contributed by atoms with Crippen molar-refractivity contribution in [2.75, 3.05) is 37.8 Å². The molecule has 1 saturated heterocycles. The van der Waals surface area contributed by atoms with E-state index in [4.69, 9.17) is 10.5 Å². The lowest BCUT2D eigenvalue weighted by atomic mass is 9.87. The minimum atomic E-state index is -5.94. The number of phosphoric acid groups is 3. The van der Waals surface area contributed by atoms with Crippen molar-refractivity contribution in [2.45, 2.75) is 141 Å². The van der Waals surface area contributed by atoms with E-state index in [0.717, 1.165) is 80.4 Å². The minimum absolute atomic E-state index is 0.0295. The lowest BCUT2D eigenvalue weighted by Gasteiger charge is -2.36. The molecule has 2 aromatic heterocycles. The number of aliphatic hydroxyl groups excluding tert-OH is 3. The molecule has 0 radical (unpaired) electrons. The number of amides is 2. The molecule has 0 spiro atoms. The lowest BCUT2D eigenvalue weighted by Crippen LogP contribution is -2.46. The largest absolute Gasteiger partial charge is 0.790 e. The highest BCUT2D eigenvalue weighted by Crippen LogP contribution is 2.56. The molecule has 2 unspecified atom stereocenters. The second-order valence-electron chi connectivity index (χ2n) is 17.0. The van der Waals surface area contributed by atoms with Gasteiger partial charge in [-0.3, -0.25) is 32.9 Å². The van der Waals surface area contributed by atoms with Crippen molar-refractivity contribution in [1.29, 1.82) is 0 Å². The summed E-state index contributed by atoms with van der Waals surface area (Å²) in [6, 6.07) is 0. The topological polar surface area (TPSA) is 412 Å². The molecule has 30 heteroatoms. The van der Waals surface area contributed by atoms with Crippen LogP contribution in [0, 0.1) is 5.41 Å². The highest BCUT2D eigenvalue weighted by molar-refractivity contribution is 8.13. The molecule has 0 bridgehead atoms. The number of ketones is 1. The third-order valence-corrected chi connectivity index (χ3v) is 14.4. The number of carbonyl (C=O) groups is 4. The van der Waals surface area contributed by atoms with Gasteiger partial charge in [-0.2, -0.15) is 0 Å². The van der Waals surface area contributed by atoms with Gasteiger partial charge in [-0.15, -0.1) is 0 Å². The Hall–Kier alpha value is -3.33. The number of anilines is 1. The third-order valence-electron chi connectivity index (χ3n) is 10.6. The summed E-state index contributed by atoms with van der Waals surface area (Å²) in [6.45, 7) is 1.96. The maximum Gasteiger partial charge on any atom is 0.274 e. The van der Waals surface area contributed by atoms with Crippen molar-refractivity contribution < 1.29 is 90.4 Å². The number of phosphoric ester groups is 3. The number of rotatable bonds is 35. The van der Waals surface area contributed by atoms with Gasteiger partial charge in [0.1, 0.15) is 42.0 Å². The molecule has 1 aliphatic heterocycles. The predicted molar refractivity (Wildman–Crippen MR) is 249 cm³/mol. The number of fused-ring (bicyclic) bond motifs is 1. The van der Waals surface area contributed by atoms with E-state index in [-0.39, 0.29) is 65.7 Å². The number of nitrogens with one attached hydrogen (secondary N) is 2. The number of hydrogen-bond donors (Lipinski definition) is 6. The number of Topliss-reactive ketones (excluding diaryl/α,β-unsaturated/α-hetero) is 1. The molecule has 2 amide bonds. The Bertz CT molecular complexity index is 2250. The van der Waals surface area contributed by atoms with E-state index in [9.17, 15) is 67.8 Å². The Morgan fingerprint density at radius 3 is 2.34 bits per heavy atom. The Morgan fingerprint density at radius 1 is 0.930 bits per heavy atom. The first kappa shape index (κ1) is 62.0. The molecular formula is C41H64N7O19P3S-4. The van der Waals surface area contributed by atoms with Crippen LogP contribution in [0.25, 0.3) is 11.2 Å². The number of imidazole rings is 1. The van der Waals surface area contributed by atoms with E-state index >= 15 is 0 Å². The van der Waals surface area contributed by atoms with Crippen molar-refractivity contribution in [1.82, 2.24) is 30.2 Å². The van der Waals surface area contributed by atoms with Crippen molar-refractivity contribution >= 4 is 74.9 Å². The van der Waals surface area contributed by atoms with Crippen LogP contribution in [0.2, 0.25) is 0 Å². The van der Waals surface area contributed by atoms with E-state index in [1.165, 1.54) is 13.8 Å². The molecule has 0 saturated carbocycles. The smallest absolute Gasteiger partial charge is 0.274 e. The SMILES string of the molecule is CC/C=C\CC[C@@H](O)C/C=C\CCCCCCCC(=O)CC(=O)SCCNC(=O)CCNC(=O)[C@H](O)C(C)(C)COP(=O)([O-])OP(=O)([O-])OC[C@H]1O[C@@H](n2cnc3c(N)ncnc32)[C@H](O)[C@@H]1OP(=O)([O-])[O-]. The molecule has 2 aromatic rings. The van der Waals surface area contributed by atoms with Crippen LogP contribution in [-0.4, -0.2) is 120 Å². The Balaban J connectivity index is 1.29. The quantitative estimate of drug-likeness (QED) is 0.0241. The van der Waals surface area contributed by atoms with Crippen LogP contribution in [0.4, 0.5) is 5.82 Å². The van der Waals surface area contributed by atoms with Crippen molar-refractivity contribution in [3.8, 4) is 0 Å². The van der Waals surface area contributed by atoms with Gasteiger partial charge >= 0.3 is 0 Å². The first-order chi connectivity index (χ1) is 33.3. The minimum Gasteiger partial charge on any atom is -0.790 e. The third kappa shape index (κ3) is 23.2. The van der Waals surface area contributed by atoms with E-state index in [1.54, 1.807) is 0 Å². The normalized spacial score (nSPS) is 20.3. The molecule has 402 valence electrons. The molecule has 0 aromatic carbocycles. The van der Waals surface area contributed by atoms with Crippen LogP contribution < -0.4 is 35.9 Å². The van der Waals surface area contributed by atoms with E-state index in [0.29, 0.717) is 19.3 Å². The van der Waals surface area contributed by atoms with E-state index in [2.05, 4.69) is 68.6 Å². The number of ether oxygens (including phenoxy) is 1. The number of carbonyl (C=O) groups excluding carboxylic acids is 4. The molecule has 3 rings (SSSR count). The summed E-state index contributed by atoms with van der Waals surface area (Å²) in [4.78, 5) is 109. The number of unbranched alkanes of at least 4 members (excludes halogenated alkanes) is 5. The molecule has 0 aliphatic carbocycles. The average Bonchev–Trinajstić information content (AvgIpc) is 3.85. The number of hydrogen-bond acceptors (Lipinski definition) is 24. The van der Waals surface area contributed by atoms with Gasteiger partial charge in [-0.25, -0.2) is 19.3 Å². The summed E-state index contributed by atoms with van der Waals surface area (Å²) in [5.74, 6) is -1.60. The summed E-state index contributed by atoms with van der Waals surface area (Å²) in [6.07, 6.45) is 9.15. The van der Waals surface area contributed by atoms with Crippen LogP contribution in [-0.2, 0) is 55.5 Å². The molecule has 8 atom stereocenters. The summed E-state index contributed by atoms with van der Waals surface area (Å²) >= 11 is 0.905. The van der Waals surface area contributed by atoms with Gasteiger partial charge in [0.2, 0.25) is 11.8 Å². The molecule has 1 fully saturated rings. The van der Waals surface area contributed by atoms with Crippen LogP contribution in [0.1, 0.15) is 110 Å². The fourth-order valence-electron chi connectivity index (χ4n) is 6.75. The lowest BCUT2D eigenvalue weighted by molar-refractivity contribution is -0.347. The van der Waals surface area contributed by atoms with Gasteiger partial charge in [0.15, 0.2) is 22.8 Å². The maximum absolute atomic E-state index is 12.6. The molecule has 3 heterocycles. The highest BCUT2D eigenvalue weighted by Gasteiger charge is 2.47. The van der Waals surface area contributed by atoms with Crippen LogP contribution in [0.3, 0.4) is 0 Å². The monoisotopic (exact) mass is 1080 g/mol. The van der Waals surface area contributed by atoms with Crippen LogP contribution >= 0.6 is 35.2 Å². The van der Waals surface area contributed by atoms with E-state index < -0.39 is 84.6 Å². The number of aromatic nitrogens is 4. The Labute approximate surface area is 415 Å². The Morgan fingerprint density at radius 2 is 1.62 bits per heavy atom. The maximum atomic E-state index is 12.6. The number of allylic oxidation sites excluding steroid dienone is 3. The van der Waals surface area contributed by atoms with Gasteiger partial charge in [0.25, 0.3) is 15.6 Å². The fraction of sp³-hybridized carbons (Fsp3) is 0.683. The molecule has 1 aliphatic rings. The molecule has 71 heavy (non-hydrogen) atoms. The van der Waals surface area contributed by atoms with Gasteiger partial charge in [0.05, 0.1) is 39.9 Å². The van der Waals surface area contributed by atoms with E-state index in [1.807, 2.05) is 6.08 Å². The fourth-order valence-corrected chi connectivity index (χ4v) is 10.2. The average molecular weight is 1080 g/mol. The number of nitrogen functional groups attached to an aromatic ring is 1. The summed E-state index contributed by atoms with van der Waals surface area (Å²) in [5.41, 5.74) is 4.03. The summed E-state index contributed by atoms with van der Waals surface area (Å²) in [5, 5.41) is 36.0. The van der Waals surface area contributed by atoms with Gasteiger partial charge in [-0.05, 0) is 44.9 Å². The van der Waals surface area contributed by atoms with Crippen LogP contribution in [0.5, 0.6) is 0 Å². The number of thioether (sulfide) groups is 1. The second kappa shape index (κ2) is 30.1. The zero-order valence-corrected chi connectivity index (χ0v) is 43.1. The van der Waals surface area contributed by atoms with Gasteiger partial charge in [-0.1, -0.05) is 76.1 Å². The molecule has 26 nitrogen and oxygen atoms in total. The standard InChI is InChI=1S/C41H68N7O19P3S/c1-4-5-6-13-16-28(49)17-14-11-9-7-8-10-12-15-18-29(50)23-32(52)71-22-21-43-31(51)19-20-44-39(55)36(54)41(2,3)25-64-70(61,62)67-69(59,60)63-24-30-35(66-68(56,57)58)34(53)40(65-30)48-27-47-33-37(42)45-26-46-38(33)48/h5-6,11,14,26-28,30,34-36,40,49,53-54H,4,7-10,12-13,15-25H2,1-3H3,(H,43,51)(H,44,55)(H,59,60)(H,61,62)(H2,42,45,46)(H2,56,57,58)/p-4/b6-5-,14-11-/t28-,30-,34-,35-,36+,40-/m1/s1. The number of nitrogens with zero attached hydrogens (tertiary/aromatic N) is 4. The van der Waals surface area contributed by atoms with Crippen LogP contribution in [0.15, 0.2) is 37.0 Å². The van der Waals surface area contributed by atoms with Crippen molar-refractivity contribution in [3.63, 3.8) is 0 Å². The number of aliphatic hydroxyl groups is 3. The summed E-state index contributed by atoms with van der Waals surface area (Å²) < 4.78 is 60.8. The zero-order chi connectivity index (χ0) is 52.8. The second-order valence-corrected chi connectivity index (χ2v) is 22.3. The summed E-state index contributed by atoms with van der Waals surface area (Å²) in [7, 11) is -17.7. The first-order valence-electron chi connectivity index (χ1n) is 22.8.